The predicted octanol–water partition coefficient (Wildman–Crippen LogP) is 3.38. The van der Waals surface area contributed by atoms with Gasteiger partial charge in [0.25, 0.3) is 0 Å². The zero-order valence-electron chi connectivity index (χ0n) is 16.8. The number of carbonyl (C=O) groups excluding carboxylic acids is 1. The van der Waals surface area contributed by atoms with Gasteiger partial charge < -0.3 is 19.5 Å². The number of nitrogens with zero attached hydrogens (tertiary/aromatic N) is 1. The highest BCUT2D eigenvalue weighted by molar-refractivity contribution is 5.88. The Hall–Kier alpha value is -1.36. The number of hydrogen-bond acceptors (Lipinski definition) is 3. The third-order valence-corrected chi connectivity index (χ3v) is 4.31. The Morgan fingerprint density at radius 2 is 1.08 bits per heavy atom. The highest BCUT2D eigenvalue weighted by Crippen LogP contribution is 2.16. The first kappa shape index (κ1) is 25.9. The molecule has 0 amide bonds. The van der Waals surface area contributed by atoms with E-state index in [0.29, 0.717) is 12.2 Å². The molecule has 0 aliphatic heterocycles. The molecule has 0 heterocycles. The molecule has 0 fully saturated rings. The van der Waals surface area contributed by atoms with Gasteiger partial charge in [0.15, 0.2) is 0 Å². The maximum Gasteiger partial charge on any atom is 0.328 e. The van der Waals surface area contributed by atoms with Crippen molar-refractivity contribution in [2.75, 3.05) is 26.2 Å². The smallest absolute Gasteiger partial charge is 0.328 e. The molecule has 1 N–H and O–H groups in total. The lowest BCUT2D eigenvalue weighted by molar-refractivity contribution is -0.929. The molecule has 0 aromatic heterocycles. The van der Waals surface area contributed by atoms with Crippen LogP contribution in [0.2, 0.25) is 0 Å². The number of carboxylic acids is 2. The van der Waals surface area contributed by atoms with Crippen LogP contribution >= 0.6 is 0 Å². The van der Waals surface area contributed by atoms with Crippen LogP contribution in [0.1, 0.15) is 79.1 Å². The summed E-state index contributed by atoms with van der Waals surface area (Å²) in [5.41, 5.74) is 0. The van der Waals surface area contributed by atoms with E-state index in [9.17, 15) is 14.7 Å². The summed E-state index contributed by atoms with van der Waals surface area (Å²) < 4.78 is 1.42. The van der Waals surface area contributed by atoms with E-state index in [0.717, 1.165) is 0 Å². The minimum atomic E-state index is -1.51. The van der Waals surface area contributed by atoms with Gasteiger partial charge in [-0.05, 0) is 31.8 Å². The van der Waals surface area contributed by atoms with Crippen molar-refractivity contribution in [1.82, 2.24) is 0 Å². The quantitative estimate of drug-likeness (QED) is 0.382. The summed E-state index contributed by atoms with van der Waals surface area (Å²) in [6.07, 6.45) is 12.0. The monoisotopic (exact) mass is 357 g/mol. The highest BCUT2D eigenvalue weighted by Gasteiger charge is 2.24. The van der Waals surface area contributed by atoms with Crippen molar-refractivity contribution in [1.29, 1.82) is 0 Å². The van der Waals surface area contributed by atoms with Crippen LogP contribution in [0.15, 0.2) is 12.2 Å². The van der Waals surface area contributed by atoms with Gasteiger partial charge in [0.2, 0.25) is 0 Å². The van der Waals surface area contributed by atoms with Crippen molar-refractivity contribution in [2.24, 2.45) is 0 Å². The van der Waals surface area contributed by atoms with Crippen LogP contribution < -0.4 is 5.11 Å². The molecule has 0 saturated carbocycles. The molecule has 5 nitrogen and oxygen atoms in total. The molecular formula is C20H39NO4. The Labute approximate surface area is 154 Å². The molecule has 0 aromatic rings. The van der Waals surface area contributed by atoms with E-state index < -0.39 is 11.9 Å². The third kappa shape index (κ3) is 17.3. The van der Waals surface area contributed by atoms with Gasteiger partial charge in [0, 0.05) is 6.08 Å². The maximum atomic E-state index is 9.53. The molecule has 25 heavy (non-hydrogen) atoms. The summed E-state index contributed by atoms with van der Waals surface area (Å²) in [5.74, 6) is -2.80. The first-order valence-corrected chi connectivity index (χ1v) is 9.84. The molecule has 148 valence electrons. The second kappa shape index (κ2) is 17.5. The van der Waals surface area contributed by atoms with E-state index in [4.69, 9.17) is 5.11 Å². The molecule has 0 unspecified atom stereocenters. The lowest BCUT2D eigenvalue weighted by Gasteiger charge is -2.39. The van der Waals surface area contributed by atoms with Gasteiger partial charge in [0.1, 0.15) is 0 Å². The molecule has 0 aliphatic rings. The van der Waals surface area contributed by atoms with Crippen molar-refractivity contribution in [2.45, 2.75) is 79.1 Å². The number of carboxylic acid groups (broad SMARTS) is 2. The summed E-state index contributed by atoms with van der Waals surface area (Å²) >= 11 is 0. The molecule has 0 rings (SSSR count). The Kier molecular flexibility index (Phi) is 18.1. The summed E-state index contributed by atoms with van der Waals surface area (Å²) in [7, 11) is 0. The van der Waals surface area contributed by atoms with Crippen LogP contribution in [-0.4, -0.2) is 47.7 Å². The Bertz CT molecular complexity index is 313. The number of carbonyl (C=O) groups is 2. The average molecular weight is 358 g/mol. The number of aliphatic carboxylic acids is 2. The van der Waals surface area contributed by atoms with E-state index in [1.165, 1.54) is 82.0 Å². The molecule has 0 aromatic carbocycles. The fourth-order valence-corrected chi connectivity index (χ4v) is 2.78. The van der Waals surface area contributed by atoms with Crippen LogP contribution in [0.4, 0.5) is 0 Å². The lowest BCUT2D eigenvalue weighted by atomic mass is 10.1. The van der Waals surface area contributed by atoms with E-state index in [-0.39, 0.29) is 0 Å². The second-order valence-electron chi connectivity index (χ2n) is 6.64. The zero-order chi connectivity index (χ0) is 19.6. The Morgan fingerprint density at radius 1 is 0.760 bits per heavy atom. The molecule has 5 heteroatoms. The largest absolute Gasteiger partial charge is 0.545 e. The van der Waals surface area contributed by atoms with E-state index in [2.05, 4.69) is 27.7 Å². The lowest BCUT2D eigenvalue weighted by Crippen LogP contribution is -2.50. The minimum absolute atomic E-state index is 0.447. The van der Waals surface area contributed by atoms with Crippen molar-refractivity contribution in [3.63, 3.8) is 0 Å². The number of unbranched alkanes of at least 4 members (excludes halogenated alkanes) is 4. The molecule has 0 spiro atoms. The van der Waals surface area contributed by atoms with Gasteiger partial charge in [0.05, 0.1) is 32.1 Å². The van der Waals surface area contributed by atoms with Gasteiger partial charge in [-0.1, -0.05) is 53.4 Å². The van der Waals surface area contributed by atoms with Crippen molar-refractivity contribution < 1.29 is 24.3 Å². The van der Waals surface area contributed by atoms with Crippen LogP contribution in [0.5, 0.6) is 0 Å². The molecule has 0 aliphatic carbocycles. The predicted molar refractivity (Wildman–Crippen MR) is 101 cm³/mol. The standard InChI is InChI=1S/C16H36N.C4H4O4/c1-5-9-13-17(14-10-6-2,15-11-7-3)16-12-8-4;5-3(6)1-2-4(7)8/h5-16H2,1-4H3;1-2H,(H,5,6)(H,7,8)/q+1;/p-1/b;2-1+. The third-order valence-electron chi connectivity index (χ3n) is 4.31. The molecule has 0 atom stereocenters. The van der Waals surface area contributed by atoms with Crippen LogP contribution in [-0.2, 0) is 9.59 Å². The highest BCUT2D eigenvalue weighted by atomic mass is 16.4. The topological polar surface area (TPSA) is 77.4 Å². The minimum Gasteiger partial charge on any atom is -0.545 e. The molecular weight excluding hydrogens is 318 g/mol. The fraction of sp³-hybridized carbons (Fsp3) is 0.800. The first-order chi connectivity index (χ1) is 11.9. The summed E-state index contributed by atoms with van der Waals surface area (Å²) in [6.45, 7) is 15.0. The van der Waals surface area contributed by atoms with Crippen molar-refractivity contribution in [3.05, 3.63) is 12.2 Å². The van der Waals surface area contributed by atoms with E-state index in [1.54, 1.807) is 0 Å². The van der Waals surface area contributed by atoms with Crippen molar-refractivity contribution >= 4 is 11.9 Å². The number of quaternary nitrogens is 1. The van der Waals surface area contributed by atoms with E-state index in [1.807, 2.05) is 0 Å². The van der Waals surface area contributed by atoms with Crippen LogP contribution in [0.3, 0.4) is 0 Å². The molecule has 0 saturated heterocycles. The number of rotatable bonds is 14. The molecule has 0 radical (unpaired) electrons. The Morgan fingerprint density at radius 3 is 1.24 bits per heavy atom. The summed E-state index contributed by atoms with van der Waals surface area (Å²) in [6, 6.07) is 0. The van der Waals surface area contributed by atoms with Gasteiger partial charge in [-0.2, -0.15) is 0 Å². The van der Waals surface area contributed by atoms with E-state index >= 15 is 0 Å². The maximum absolute atomic E-state index is 9.53. The van der Waals surface area contributed by atoms with Crippen LogP contribution in [0, 0.1) is 0 Å². The van der Waals surface area contributed by atoms with Gasteiger partial charge in [-0.25, -0.2) is 4.79 Å². The number of hydrogen-bond donors (Lipinski definition) is 1. The normalized spacial score (nSPS) is 11.2. The van der Waals surface area contributed by atoms with Crippen molar-refractivity contribution in [3.8, 4) is 0 Å². The SMILES string of the molecule is CCCC[N+](CCCC)(CCCC)CCCC.O=C([O-])/C=C/C(=O)O. The second-order valence-corrected chi connectivity index (χ2v) is 6.64. The fourth-order valence-electron chi connectivity index (χ4n) is 2.78. The van der Waals surface area contributed by atoms with Crippen LogP contribution in [0.25, 0.3) is 0 Å². The summed E-state index contributed by atoms with van der Waals surface area (Å²) in [5, 5.41) is 17.2. The molecule has 0 bridgehead atoms. The van der Waals surface area contributed by atoms with Gasteiger partial charge in [-0.15, -0.1) is 0 Å². The average Bonchev–Trinajstić information content (AvgIpc) is 2.59. The van der Waals surface area contributed by atoms with Gasteiger partial charge in [-0.3, -0.25) is 0 Å². The van der Waals surface area contributed by atoms with Gasteiger partial charge >= 0.3 is 5.97 Å². The zero-order valence-corrected chi connectivity index (χ0v) is 16.8. The summed E-state index contributed by atoms with van der Waals surface area (Å²) in [4.78, 5) is 19.0. The Balaban J connectivity index is 0. The first-order valence-electron chi connectivity index (χ1n) is 9.84.